The molecule has 1 fully saturated rings. The molecule has 0 spiro atoms. The average Bonchev–Trinajstić information content (AvgIpc) is 3.29. The Kier molecular flexibility index (Phi) is 3.14. The van der Waals surface area contributed by atoms with Gasteiger partial charge in [0.15, 0.2) is 5.76 Å². The van der Waals surface area contributed by atoms with Crippen molar-refractivity contribution in [3.8, 4) is 22.6 Å². The van der Waals surface area contributed by atoms with E-state index in [-0.39, 0.29) is 0 Å². The zero-order chi connectivity index (χ0) is 14.9. The van der Waals surface area contributed by atoms with Gasteiger partial charge in [0.05, 0.1) is 29.5 Å². The standard InChI is InChI=1S/C16H16N4O2/c1-11-8-14(22-19-11)13-9-17-16(20-5-2-3-6-20)18-15(13)12-4-7-21-10-12/h4,7-10H,2-3,5-6H2,1H3. The molecule has 6 nitrogen and oxygen atoms in total. The first-order chi connectivity index (χ1) is 10.8. The van der Waals surface area contributed by atoms with Crippen LogP contribution in [0.4, 0.5) is 5.95 Å². The molecule has 1 saturated heterocycles. The molecule has 0 radical (unpaired) electrons. The van der Waals surface area contributed by atoms with Crippen LogP contribution in [0.5, 0.6) is 0 Å². The smallest absolute Gasteiger partial charge is 0.225 e. The zero-order valence-corrected chi connectivity index (χ0v) is 12.3. The van der Waals surface area contributed by atoms with Crippen LogP contribution in [0.1, 0.15) is 18.5 Å². The molecule has 0 aromatic carbocycles. The van der Waals surface area contributed by atoms with Crippen molar-refractivity contribution < 1.29 is 8.94 Å². The number of hydrogen-bond donors (Lipinski definition) is 0. The minimum Gasteiger partial charge on any atom is -0.472 e. The highest BCUT2D eigenvalue weighted by molar-refractivity contribution is 5.78. The molecule has 1 aliphatic rings. The van der Waals surface area contributed by atoms with Crippen molar-refractivity contribution in [2.75, 3.05) is 18.0 Å². The number of anilines is 1. The van der Waals surface area contributed by atoms with E-state index in [2.05, 4.69) is 15.0 Å². The predicted octanol–water partition coefficient (Wildman–Crippen LogP) is 3.30. The Morgan fingerprint density at radius 3 is 2.77 bits per heavy atom. The van der Waals surface area contributed by atoms with Gasteiger partial charge in [0.1, 0.15) is 0 Å². The van der Waals surface area contributed by atoms with Crippen molar-refractivity contribution in [2.45, 2.75) is 19.8 Å². The van der Waals surface area contributed by atoms with E-state index in [0.29, 0.717) is 5.76 Å². The van der Waals surface area contributed by atoms with Gasteiger partial charge in [-0.05, 0) is 25.8 Å². The molecule has 0 atom stereocenters. The molecule has 22 heavy (non-hydrogen) atoms. The van der Waals surface area contributed by atoms with Crippen LogP contribution in [0, 0.1) is 6.92 Å². The first-order valence-electron chi connectivity index (χ1n) is 7.39. The third-order valence-corrected chi connectivity index (χ3v) is 3.85. The van der Waals surface area contributed by atoms with E-state index in [1.807, 2.05) is 25.3 Å². The van der Waals surface area contributed by atoms with Crippen molar-refractivity contribution in [3.63, 3.8) is 0 Å². The van der Waals surface area contributed by atoms with E-state index in [1.165, 1.54) is 12.8 Å². The maximum atomic E-state index is 5.38. The van der Waals surface area contributed by atoms with E-state index >= 15 is 0 Å². The molecule has 0 saturated carbocycles. The first-order valence-corrected chi connectivity index (χ1v) is 7.39. The second-order valence-corrected chi connectivity index (χ2v) is 5.47. The van der Waals surface area contributed by atoms with Crippen LogP contribution in [0.3, 0.4) is 0 Å². The van der Waals surface area contributed by atoms with Crippen molar-refractivity contribution >= 4 is 5.95 Å². The minimum atomic E-state index is 0.668. The monoisotopic (exact) mass is 296 g/mol. The third-order valence-electron chi connectivity index (χ3n) is 3.85. The Labute approximate surface area is 127 Å². The molecular weight excluding hydrogens is 280 g/mol. The van der Waals surface area contributed by atoms with Crippen molar-refractivity contribution in [2.24, 2.45) is 0 Å². The molecule has 0 bridgehead atoms. The first kappa shape index (κ1) is 13.1. The van der Waals surface area contributed by atoms with Crippen molar-refractivity contribution in [3.05, 3.63) is 36.5 Å². The van der Waals surface area contributed by atoms with Crippen LogP contribution in [0.2, 0.25) is 0 Å². The van der Waals surface area contributed by atoms with Gasteiger partial charge < -0.3 is 13.8 Å². The summed E-state index contributed by atoms with van der Waals surface area (Å²) in [5, 5.41) is 3.95. The van der Waals surface area contributed by atoms with Crippen LogP contribution in [0.15, 0.2) is 39.8 Å². The van der Waals surface area contributed by atoms with Gasteiger partial charge in [0.25, 0.3) is 0 Å². The quantitative estimate of drug-likeness (QED) is 0.738. The fourth-order valence-corrected chi connectivity index (χ4v) is 2.73. The topological polar surface area (TPSA) is 68.2 Å². The van der Waals surface area contributed by atoms with Gasteiger partial charge in [-0.25, -0.2) is 9.97 Å². The maximum Gasteiger partial charge on any atom is 0.225 e. The van der Waals surface area contributed by atoms with Gasteiger partial charge in [0.2, 0.25) is 5.95 Å². The summed E-state index contributed by atoms with van der Waals surface area (Å²) in [6, 6.07) is 3.78. The lowest BCUT2D eigenvalue weighted by atomic mass is 10.1. The Hall–Kier alpha value is -2.63. The van der Waals surface area contributed by atoms with Gasteiger partial charge in [-0.15, -0.1) is 0 Å². The summed E-state index contributed by atoms with van der Waals surface area (Å²) < 4.78 is 10.6. The second-order valence-electron chi connectivity index (χ2n) is 5.47. The SMILES string of the molecule is Cc1cc(-c2cnc(N3CCCC3)nc2-c2ccoc2)on1. The summed E-state index contributed by atoms with van der Waals surface area (Å²) in [6.45, 7) is 3.90. The highest BCUT2D eigenvalue weighted by atomic mass is 16.5. The van der Waals surface area contributed by atoms with E-state index in [0.717, 1.165) is 41.6 Å². The van der Waals surface area contributed by atoms with E-state index in [9.17, 15) is 0 Å². The Balaban J connectivity index is 1.83. The highest BCUT2D eigenvalue weighted by Gasteiger charge is 2.20. The second kappa shape index (κ2) is 5.29. The van der Waals surface area contributed by atoms with Gasteiger partial charge >= 0.3 is 0 Å². The lowest BCUT2D eigenvalue weighted by molar-refractivity contribution is 0.427. The van der Waals surface area contributed by atoms with Crippen LogP contribution >= 0.6 is 0 Å². The molecule has 3 aromatic heterocycles. The highest BCUT2D eigenvalue weighted by Crippen LogP contribution is 2.32. The number of furan rings is 1. The third kappa shape index (κ3) is 2.26. The van der Waals surface area contributed by atoms with Gasteiger partial charge in [-0.2, -0.15) is 0 Å². The zero-order valence-electron chi connectivity index (χ0n) is 12.3. The molecule has 0 amide bonds. The molecular formula is C16H16N4O2. The molecule has 4 rings (SSSR count). The number of aromatic nitrogens is 3. The predicted molar refractivity (Wildman–Crippen MR) is 81.4 cm³/mol. The average molecular weight is 296 g/mol. The number of aryl methyl sites for hydroxylation is 1. The molecule has 0 N–H and O–H groups in total. The van der Waals surface area contributed by atoms with E-state index < -0.39 is 0 Å². The van der Waals surface area contributed by atoms with Gasteiger partial charge in [0, 0.05) is 30.9 Å². The summed E-state index contributed by atoms with van der Waals surface area (Å²) in [5.41, 5.74) is 3.37. The van der Waals surface area contributed by atoms with Crippen molar-refractivity contribution in [1.82, 2.24) is 15.1 Å². The Morgan fingerprint density at radius 1 is 1.23 bits per heavy atom. The fourth-order valence-electron chi connectivity index (χ4n) is 2.73. The number of rotatable bonds is 3. The maximum absolute atomic E-state index is 5.38. The molecule has 0 aliphatic carbocycles. The summed E-state index contributed by atoms with van der Waals surface area (Å²) in [5.74, 6) is 1.43. The van der Waals surface area contributed by atoms with Gasteiger partial charge in [-0.3, -0.25) is 0 Å². The number of nitrogens with zero attached hydrogens (tertiary/aromatic N) is 4. The van der Waals surface area contributed by atoms with E-state index in [4.69, 9.17) is 13.9 Å². The fraction of sp³-hybridized carbons (Fsp3) is 0.312. The van der Waals surface area contributed by atoms with Crippen LogP contribution in [-0.4, -0.2) is 28.2 Å². The summed E-state index contributed by atoms with van der Waals surface area (Å²) in [6.07, 6.45) is 7.51. The minimum absolute atomic E-state index is 0.668. The van der Waals surface area contributed by atoms with Crippen LogP contribution in [0.25, 0.3) is 22.6 Å². The summed E-state index contributed by atoms with van der Waals surface area (Å²) in [7, 11) is 0. The normalized spacial score (nSPS) is 14.7. The van der Waals surface area contributed by atoms with Gasteiger partial charge in [-0.1, -0.05) is 5.16 Å². The molecule has 6 heteroatoms. The molecule has 3 aromatic rings. The van der Waals surface area contributed by atoms with Crippen LogP contribution < -0.4 is 4.90 Å². The largest absolute Gasteiger partial charge is 0.472 e. The molecule has 0 unspecified atom stereocenters. The summed E-state index contributed by atoms with van der Waals surface area (Å²) in [4.78, 5) is 11.5. The molecule has 112 valence electrons. The molecule has 1 aliphatic heterocycles. The van der Waals surface area contributed by atoms with Crippen LogP contribution in [-0.2, 0) is 0 Å². The lowest BCUT2D eigenvalue weighted by Crippen LogP contribution is -2.20. The lowest BCUT2D eigenvalue weighted by Gasteiger charge is -2.16. The summed E-state index contributed by atoms with van der Waals surface area (Å²) >= 11 is 0. The Morgan fingerprint density at radius 2 is 2.09 bits per heavy atom. The van der Waals surface area contributed by atoms with E-state index in [1.54, 1.807) is 12.5 Å². The Bertz CT molecular complexity index is 773. The van der Waals surface area contributed by atoms with Crippen molar-refractivity contribution in [1.29, 1.82) is 0 Å². The number of hydrogen-bond acceptors (Lipinski definition) is 6. The molecule has 4 heterocycles.